The fourth-order valence-electron chi connectivity index (χ4n) is 6.19. The van der Waals surface area contributed by atoms with Gasteiger partial charge in [-0.05, 0) is 49.2 Å². The zero-order valence-corrected chi connectivity index (χ0v) is 23.1. The molecule has 1 saturated heterocycles. The molecule has 6 atom stereocenters. The van der Waals surface area contributed by atoms with Crippen molar-refractivity contribution in [1.82, 2.24) is 0 Å². The third-order valence-corrected chi connectivity index (χ3v) is 8.37. The van der Waals surface area contributed by atoms with E-state index in [2.05, 4.69) is 4.90 Å². The van der Waals surface area contributed by atoms with E-state index in [1.165, 1.54) is 6.07 Å². The average molecular weight is 586 g/mol. The minimum absolute atomic E-state index is 0.145. The number of ether oxygens (including phenoxy) is 4. The zero-order valence-electron chi connectivity index (χ0n) is 23.1. The normalized spacial score (nSPS) is 27.8. The largest absolute Gasteiger partial charge is 0.461 e. The molecule has 224 valence electrons. The maximum Gasteiger partial charge on any atom is 0.271 e. The molecule has 0 bridgehead atoms. The highest BCUT2D eigenvalue weighted by Crippen LogP contribution is 2.59. The monoisotopic (exact) mass is 585 g/mol. The second-order valence-electron chi connectivity index (χ2n) is 10.6. The van der Waals surface area contributed by atoms with Crippen LogP contribution in [0.5, 0.6) is 17.2 Å². The van der Waals surface area contributed by atoms with E-state index in [1.54, 1.807) is 6.07 Å². The van der Waals surface area contributed by atoms with Crippen molar-refractivity contribution < 1.29 is 48.2 Å². The van der Waals surface area contributed by atoms with Gasteiger partial charge in [-0.3, -0.25) is 0 Å². The molecule has 3 aliphatic heterocycles. The Labute approximate surface area is 241 Å². The van der Waals surface area contributed by atoms with E-state index in [4.69, 9.17) is 18.9 Å². The second-order valence-corrected chi connectivity index (χ2v) is 10.6. The average Bonchev–Trinajstić information content (AvgIpc) is 3.37. The molecule has 11 heteroatoms. The summed E-state index contributed by atoms with van der Waals surface area (Å²) in [6, 6.07) is 16.2. The van der Waals surface area contributed by atoms with Crippen LogP contribution in [0.1, 0.15) is 48.1 Å². The lowest BCUT2D eigenvalue weighted by Crippen LogP contribution is -2.60. The van der Waals surface area contributed by atoms with Gasteiger partial charge in [-0.15, -0.1) is 0 Å². The highest BCUT2D eigenvalue weighted by Gasteiger charge is 2.51. The molecular formula is C31H33F2NO8. The molecule has 0 radical (unpaired) electrons. The van der Waals surface area contributed by atoms with Gasteiger partial charge >= 0.3 is 0 Å². The van der Waals surface area contributed by atoms with Gasteiger partial charge < -0.3 is 44.3 Å². The van der Waals surface area contributed by atoms with Crippen LogP contribution in [-0.2, 0) is 21.7 Å². The molecule has 1 fully saturated rings. The van der Waals surface area contributed by atoms with E-state index < -0.39 is 54.9 Å². The molecule has 3 aromatic carbocycles. The minimum atomic E-state index is -3.08. The lowest BCUT2D eigenvalue weighted by molar-refractivity contribution is -0.277. The van der Waals surface area contributed by atoms with Gasteiger partial charge in [-0.2, -0.15) is 0 Å². The smallest absolute Gasteiger partial charge is 0.271 e. The van der Waals surface area contributed by atoms with Crippen LogP contribution in [-0.4, -0.2) is 70.8 Å². The molecule has 1 unspecified atom stereocenters. The van der Waals surface area contributed by atoms with Crippen molar-refractivity contribution in [2.24, 2.45) is 0 Å². The molecule has 0 aromatic heterocycles. The van der Waals surface area contributed by atoms with E-state index in [0.29, 0.717) is 16.9 Å². The first kappa shape index (κ1) is 28.8. The first-order valence-electron chi connectivity index (χ1n) is 14.0. The highest BCUT2D eigenvalue weighted by molar-refractivity contribution is 5.69. The van der Waals surface area contributed by atoms with Crippen molar-refractivity contribution in [3.8, 4) is 17.2 Å². The number of halogens is 2. The van der Waals surface area contributed by atoms with Crippen molar-refractivity contribution in [3.63, 3.8) is 0 Å². The Morgan fingerprint density at radius 1 is 0.952 bits per heavy atom. The fourth-order valence-corrected chi connectivity index (χ4v) is 6.19. The van der Waals surface area contributed by atoms with E-state index in [1.807, 2.05) is 56.3 Å². The summed E-state index contributed by atoms with van der Waals surface area (Å²) in [5, 5.41) is 40.4. The molecule has 3 aromatic rings. The van der Waals surface area contributed by atoms with Crippen LogP contribution in [0, 0.1) is 0 Å². The highest BCUT2D eigenvalue weighted by atomic mass is 19.3. The predicted octanol–water partition coefficient (Wildman–Crippen LogP) is 3.58. The summed E-state index contributed by atoms with van der Waals surface area (Å²) in [4.78, 5) is 2.11. The van der Waals surface area contributed by atoms with Gasteiger partial charge in [0.05, 0.1) is 13.2 Å². The summed E-state index contributed by atoms with van der Waals surface area (Å²) in [5.74, 6) is -0.138. The third kappa shape index (κ3) is 4.34. The van der Waals surface area contributed by atoms with Crippen molar-refractivity contribution in [2.75, 3.05) is 24.6 Å². The molecule has 42 heavy (non-hydrogen) atoms. The van der Waals surface area contributed by atoms with Crippen LogP contribution in [0.3, 0.4) is 0 Å². The Hall–Kier alpha value is -3.32. The number of aliphatic hydroxyl groups excluding tert-OH is 4. The molecule has 3 heterocycles. The number of nitrogens with zero attached hydrogens (tertiary/aromatic N) is 1. The lowest BCUT2D eigenvalue weighted by atomic mass is 9.77. The van der Waals surface area contributed by atoms with Gasteiger partial charge in [-0.1, -0.05) is 24.3 Å². The number of benzene rings is 3. The van der Waals surface area contributed by atoms with Crippen molar-refractivity contribution in [1.29, 1.82) is 0 Å². The third-order valence-electron chi connectivity index (χ3n) is 8.37. The number of fused-ring (bicyclic) bond motifs is 6. The number of rotatable bonds is 7. The molecular weight excluding hydrogens is 552 g/mol. The van der Waals surface area contributed by atoms with Crippen LogP contribution >= 0.6 is 0 Å². The maximum absolute atomic E-state index is 15.0. The molecule has 4 N–H and O–H groups in total. The summed E-state index contributed by atoms with van der Waals surface area (Å²) in [5.41, 5.74) is 1.82. The number of alkyl halides is 2. The Bertz CT molecular complexity index is 1460. The maximum atomic E-state index is 15.0. The lowest BCUT2D eigenvalue weighted by Gasteiger charge is -2.41. The quantitative estimate of drug-likeness (QED) is 0.330. The van der Waals surface area contributed by atoms with Gasteiger partial charge in [0.1, 0.15) is 47.2 Å². The summed E-state index contributed by atoms with van der Waals surface area (Å²) in [7, 11) is 0. The van der Waals surface area contributed by atoms with Gasteiger partial charge in [0, 0.05) is 36.0 Å². The Balaban J connectivity index is 1.51. The summed E-state index contributed by atoms with van der Waals surface area (Å²) < 4.78 is 53.9. The Kier molecular flexibility index (Phi) is 7.58. The fraction of sp³-hybridized carbons (Fsp3) is 0.419. The number of hydrogen-bond acceptors (Lipinski definition) is 9. The van der Waals surface area contributed by atoms with Crippen LogP contribution in [0.25, 0.3) is 0 Å². The number of hydrogen-bond donors (Lipinski definition) is 4. The van der Waals surface area contributed by atoms with E-state index in [0.717, 1.165) is 29.9 Å². The molecule has 6 rings (SSSR count). The molecule has 0 aliphatic carbocycles. The minimum Gasteiger partial charge on any atom is -0.461 e. The molecule has 3 aliphatic rings. The van der Waals surface area contributed by atoms with Gasteiger partial charge in [0.2, 0.25) is 6.29 Å². The van der Waals surface area contributed by atoms with Crippen LogP contribution in [0.2, 0.25) is 0 Å². The zero-order chi connectivity index (χ0) is 29.8. The summed E-state index contributed by atoms with van der Waals surface area (Å²) in [6.07, 6.45) is -11.1. The number of anilines is 1. The van der Waals surface area contributed by atoms with Gasteiger partial charge in [0.25, 0.3) is 6.43 Å². The standard InChI is InChI=1S/C31H33F2NO8/c1-3-34(4-2)17-9-10-19-22(13-17)40-28-20(31(19)18-8-6-5-7-16(18)15-39-31)11-12-21(24(28)29(32)33)41-30-27(38)26(37)25(36)23(14-35)42-30/h5-13,23,25-27,29-30,35-38H,3-4,14-15H2,1-2H3/t23-,25+,26+,27-,30-,31?/m1/s1. The predicted molar refractivity (Wildman–Crippen MR) is 147 cm³/mol. The Morgan fingerprint density at radius 3 is 2.40 bits per heavy atom. The SMILES string of the molecule is CCN(CC)c1ccc2c(c1)Oc1c(ccc(O[C@@H]3O[C@H](CO)[C@H](O)[C@H](O)[C@H]3O)c1C(F)F)C21OCc2ccccc21. The van der Waals surface area contributed by atoms with Gasteiger partial charge in [-0.25, -0.2) is 8.78 Å². The van der Waals surface area contributed by atoms with Crippen molar-refractivity contribution >= 4 is 5.69 Å². The molecule has 1 spiro atoms. The van der Waals surface area contributed by atoms with E-state index in [-0.39, 0.29) is 18.1 Å². The number of aliphatic hydroxyl groups is 4. The van der Waals surface area contributed by atoms with Crippen LogP contribution < -0.4 is 14.4 Å². The van der Waals surface area contributed by atoms with Crippen molar-refractivity contribution in [2.45, 2.75) is 63.2 Å². The molecule has 9 nitrogen and oxygen atoms in total. The first-order valence-corrected chi connectivity index (χ1v) is 14.0. The Morgan fingerprint density at radius 2 is 1.69 bits per heavy atom. The molecule has 0 saturated carbocycles. The van der Waals surface area contributed by atoms with Crippen molar-refractivity contribution in [3.05, 3.63) is 82.4 Å². The van der Waals surface area contributed by atoms with Crippen LogP contribution in [0.4, 0.5) is 14.5 Å². The summed E-state index contributed by atoms with van der Waals surface area (Å²) >= 11 is 0. The van der Waals surface area contributed by atoms with Crippen LogP contribution in [0.15, 0.2) is 54.6 Å². The van der Waals surface area contributed by atoms with Gasteiger partial charge in [0.15, 0.2) is 5.60 Å². The van der Waals surface area contributed by atoms with E-state index in [9.17, 15) is 29.2 Å². The second kappa shape index (κ2) is 11.1. The van der Waals surface area contributed by atoms with E-state index >= 15 is 0 Å². The topological polar surface area (TPSA) is 121 Å². The molecule has 0 amide bonds. The summed E-state index contributed by atoms with van der Waals surface area (Å²) in [6.45, 7) is 5.08. The first-order chi connectivity index (χ1) is 20.2.